The van der Waals surface area contributed by atoms with E-state index in [-0.39, 0.29) is 23.4 Å². The zero-order valence-electron chi connectivity index (χ0n) is 12.5. The Morgan fingerprint density at radius 2 is 2.18 bits per heavy atom. The van der Waals surface area contributed by atoms with Crippen LogP contribution in [0.15, 0.2) is 33.9 Å². The summed E-state index contributed by atoms with van der Waals surface area (Å²) in [5.41, 5.74) is 0. The topological polar surface area (TPSA) is 89.2 Å². The molecule has 1 fully saturated rings. The fourth-order valence-corrected chi connectivity index (χ4v) is 3.71. The quantitative estimate of drug-likeness (QED) is 0.807. The summed E-state index contributed by atoms with van der Waals surface area (Å²) in [5.74, 6) is 1.05. The van der Waals surface area contributed by atoms with Crippen LogP contribution in [0.25, 0.3) is 0 Å². The number of hydrogen-bond acceptors (Lipinski definition) is 6. The van der Waals surface area contributed by atoms with E-state index in [1.807, 2.05) is 13.8 Å². The van der Waals surface area contributed by atoms with Crippen LogP contribution < -0.4 is 0 Å². The molecule has 0 aliphatic heterocycles. The van der Waals surface area contributed by atoms with E-state index in [0.717, 1.165) is 12.8 Å². The SMILES string of the molecule is CC(C)c1noc(CN(C2CC2)S(=O)(=O)c2cccnc2)n1. The monoisotopic (exact) mass is 322 g/mol. The zero-order valence-corrected chi connectivity index (χ0v) is 13.3. The van der Waals surface area contributed by atoms with Crippen LogP contribution >= 0.6 is 0 Å². The molecule has 22 heavy (non-hydrogen) atoms. The van der Waals surface area contributed by atoms with Crippen LogP contribution in [-0.4, -0.2) is 33.9 Å². The molecule has 0 radical (unpaired) electrons. The minimum Gasteiger partial charge on any atom is -0.338 e. The first kappa shape index (κ1) is 15.1. The largest absolute Gasteiger partial charge is 0.338 e. The van der Waals surface area contributed by atoms with Crippen LogP contribution in [0.3, 0.4) is 0 Å². The number of rotatable bonds is 6. The molecule has 0 unspecified atom stereocenters. The lowest BCUT2D eigenvalue weighted by molar-refractivity contribution is 0.309. The van der Waals surface area contributed by atoms with Gasteiger partial charge in [0.1, 0.15) is 4.90 Å². The average molecular weight is 322 g/mol. The van der Waals surface area contributed by atoms with E-state index < -0.39 is 10.0 Å². The first-order chi connectivity index (χ1) is 10.5. The van der Waals surface area contributed by atoms with Crippen molar-refractivity contribution in [2.45, 2.75) is 50.1 Å². The maximum atomic E-state index is 12.8. The molecule has 0 N–H and O–H groups in total. The van der Waals surface area contributed by atoms with Gasteiger partial charge in [0.25, 0.3) is 0 Å². The van der Waals surface area contributed by atoms with Gasteiger partial charge in [0.15, 0.2) is 5.82 Å². The maximum absolute atomic E-state index is 12.8. The first-order valence-electron chi connectivity index (χ1n) is 7.23. The predicted molar refractivity (Wildman–Crippen MR) is 78.4 cm³/mol. The third-order valence-electron chi connectivity index (χ3n) is 3.49. The van der Waals surface area contributed by atoms with Gasteiger partial charge in [-0.1, -0.05) is 19.0 Å². The molecule has 118 valence electrons. The van der Waals surface area contributed by atoms with Gasteiger partial charge in [-0.3, -0.25) is 4.98 Å². The molecular weight excluding hydrogens is 304 g/mol. The van der Waals surface area contributed by atoms with Crippen LogP contribution in [0.4, 0.5) is 0 Å². The summed E-state index contributed by atoms with van der Waals surface area (Å²) in [4.78, 5) is 8.34. The Morgan fingerprint density at radius 1 is 1.41 bits per heavy atom. The molecule has 0 atom stereocenters. The van der Waals surface area contributed by atoms with Crippen LogP contribution in [-0.2, 0) is 16.6 Å². The van der Waals surface area contributed by atoms with E-state index in [1.165, 1.54) is 10.5 Å². The van der Waals surface area contributed by atoms with Crippen LogP contribution in [0.5, 0.6) is 0 Å². The van der Waals surface area contributed by atoms with Crippen LogP contribution in [0, 0.1) is 0 Å². The van der Waals surface area contributed by atoms with Crippen molar-refractivity contribution < 1.29 is 12.9 Å². The van der Waals surface area contributed by atoms with Gasteiger partial charge in [-0.15, -0.1) is 0 Å². The van der Waals surface area contributed by atoms with Gasteiger partial charge in [0, 0.05) is 24.4 Å². The highest BCUT2D eigenvalue weighted by molar-refractivity contribution is 7.89. The Bertz CT molecular complexity index is 738. The molecule has 0 amide bonds. The molecule has 2 aromatic rings. The van der Waals surface area contributed by atoms with Gasteiger partial charge < -0.3 is 4.52 Å². The highest BCUT2D eigenvalue weighted by Gasteiger charge is 2.39. The number of nitrogens with zero attached hydrogens (tertiary/aromatic N) is 4. The van der Waals surface area contributed by atoms with Gasteiger partial charge in [0.05, 0.1) is 6.54 Å². The molecule has 0 bridgehead atoms. The average Bonchev–Trinajstić information content (AvgIpc) is 3.22. The summed E-state index contributed by atoms with van der Waals surface area (Å²) in [6.45, 7) is 4.01. The van der Waals surface area contributed by atoms with Crippen molar-refractivity contribution in [3.8, 4) is 0 Å². The highest BCUT2D eigenvalue weighted by atomic mass is 32.2. The second-order valence-corrected chi connectivity index (χ2v) is 7.56. The fourth-order valence-electron chi connectivity index (χ4n) is 2.11. The zero-order chi connectivity index (χ0) is 15.7. The molecule has 2 aromatic heterocycles. The van der Waals surface area contributed by atoms with Crippen molar-refractivity contribution in [3.63, 3.8) is 0 Å². The van der Waals surface area contributed by atoms with Gasteiger partial charge in [-0.25, -0.2) is 8.42 Å². The molecular formula is C14H18N4O3S. The third kappa shape index (κ3) is 3.02. The van der Waals surface area contributed by atoms with Gasteiger partial charge in [-0.05, 0) is 25.0 Å². The molecule has 1 aliphatic rings. The smallest absolute Gasteiger partial charge is 0.245 e. The second-order valence-electron chi connectivity index (χ2n) is 5.67. The standard InChI is InChI=1S/C14H18N4O3S/c1-10(2)14-16-13(21-17-14)9-18(11-5-6-11)22(19,20)12-4-3-7-15-8-12/h3-4,7-8,10-11H,5-6,9H2,1-2H3. The normalized spacial score (nSPS) is 15.6. The lowest BCUT2D eigenvalue weighted by atomic mass is 10.2. The van der Waals surface area contributed by atoms with E-state index >= 15 is 0 Å². The summed E-state index contributed by atoms with van der Waals surface area (Å²) in [5, 5.41) is 3.88. The number of aromatic nitrogens is 3. The number of hydrogen-bond donors (Lipinski definition) is 0. The molecule has 3 rings (SSSR count). The van der Waals surface area contributed by atoms with Crippen LogP contribution in [0.2, 0.25) is 0 Å². The predicted octanol–water partition coefficient (Wildman–Crippen LogP) is 1.94. The molecule has 7 nitrogen and oxygen atoms in total. The van der Waals surface area contributed by atoms with E-state index in [2.05, 4.69) is 15.1 Å². The molecule has 8 heteroatoms. The molecule has 1 aliphatic carbocycles. The maximum Gasteiger partial charge on any atom is 0.245 e. The molecule has 0 saturated heterocycles. The summed E-state index contributed by atoms with van der Waals surface area (Å²) in [6.07, 6.45) is 4.61. The Balaban J connectivity index is 1.87. The fraction of sp³-hybridized carbons (Fsp3) is 0.500. The summed E-state index contributed by atoms with van der Waals surface area (Å²) in [6, 6.07) is 3.16. The van der Waals surface area contributed by atoms with E-state index in [0.29, 0.717) is 11.7 Å². The highest BCUT2D eigenvalue weighted by Crippen LogP contribution is 2.33. The first-order valence-corrected chi connectivity index (χ1v) is 8.67. The minimum atomic E-state index is -3.60. The second kappa shape index (κ2) is 5.77. The van der Waals surface area contributed by atoms with Gasteiger partial charge in [0.2, 0.25) is 15.9 Å². The number of sulfonamides is 1. The minimum absolute atomic E-state index is 0.000365. The third-order valence-corrected chi connectivity index (χ3v) is 5.37. The summed E-state index contributed by atoms with van der Waals surface area (Å²) >= 11 is 0. The lowest BCUT2D eigenvalue weighted by Gasteiger charge is -2.19. The Kier molecular flexibility index (Phi) is 3.96. The lowest BCUT2D eigenvalue weighted by Crippen LogP contribution is -2.32. The van der Waals surface area contributed by atoms with E-state index in [1.54, 1.807) is 18.3 Å². The molecule has 1 saturated carbocycles. The summed E-state index contributed by atoms with van der Waals surface area (Å²) < 4.78 is 32.1. The molecule has 2 heterocycles. The molecule has 0 spiro atoms. The number of pyridine rings is 1. The van der Waals surface area contributed by atoms with Gasteiger partial charge >= 0.3 is 0 Å². The van der Waals surface area contributed by atoms with E-state index in [9.17, 15) is 8.42 Å². The Labute approximate surface area is 129 Å². The van der Waals surface area contributed by atoms with Crippen molar-refractivity contribution in [1.82, 2.24) is 19.4 Å². The summed E-state index contributed by atoms with van der Waals surface area (Å²) in [7, 11) is -3.60. The van der Waals surface area contributed by atoms with Crippen molar-refractivity contribution in [3.05, 3.63) is 36.2 Å². The van der Waals surface area contributed by atoms with Crippen molar-refractivity contribution in [2.75, 3.05) is 0 Å². The Morgan fingerprint density at radius 3 is 2.73 bits per heavy atom. The van der Waals surface area contributed by atoms with Crippen LogP contribution in [0.1, 0.15) is 44.3 Å². The Hall–Kier alpha value is -1.80. The van der Waals surface area contributed by atoms with Crippen molar-refractivity contribution in [2.24, 2.45) is 0 Å². The van der Waals surface area contributed by atoms with Gasteiger partial charge in [-0.2, -0.15) is 9.29 Å². The molecule has 0 aromatic carbocycles. The van der Waals surface area contributed by atoms with Crippen molar-refractivity contribution >= 4 is 10.0 Å². The van der Waals surface area contributed by atoms with E-state index in [4.69, 9.17) is 4.52 Å². The van der Waals surface area contributed by atoms with Crippen molar-refractivity contribution in [1.29, 1.82) is 0 Å².